The topological polar surface area (TPSA) is 44.1 Å². The molecule has 1 unspecified atom stereocenters. The molecular weight excluding hydrogens is 280 g/mol. The summed E-state index contributed by atoms with van der Waals surface area (Å²) in [5.74, 6) is 0.101. The highest BCUT2D eigenvalue weighted by molar-refractivity contribution is 7.09. The van der Waals surface area contributed by atoms with E-state index < -0.39 is 0 Å². The summed E-state index contributed by atoms with van der Waals surface area (Å²) in [5.41, 5.74) is 1.56. The molecule has 0 aliphatic carbocycles. The predicted molar refractivity (Wildman–Crippen MR) is 85.1 cm³/mol. The summed E-state index contributed by atoms with van der Waals surface area (Å²) in [7, 11) is 1.85. The summed E-state index contributed by atoms with van der Waals surface area (Å²) in [4.78, 5) is 15.4. The lowest BCUT2D eigenvalue weighted by Crippen LogP contribution is -2.37. The smallest absolute Gasteiger partial charge is 0.226 e. The highest BCUT2D eigenvalue weighted by Gasteiger charge is 2.16. The Morgan fingerprint density at radius 1 is 1.33 bits per heavy atom. The maximum atomic E-state index is 12.3. The van der Waals surface area contributed by atoms with Gasteiger partial charge in [0.2, 0.25) is 5.91 Å². The molecular formula is C17H18N2OS. The molecule has 3 nitrogen and oxygen atoms in total. The van der Waals surface area contributed by atoms with Crippen molar-refractivity contribution in [3.05, 3.63) is 57.8 Å². The second kappa shape index (κ2) is 7.05. The normalized spacial score (nSPS) is 11.7. The van der Waals surface area contributed by atoms with Crippen molar-refractivity contribution < 1.29 is 4.79 Å². The molecule has 21 heavy (non-hydrogen) atoms. The third-order valence-corrected chi connectivity index (χ3v) is 4.47. The number of nitriles is 1. The van der Waals surface area contributed by atoms with Crippen molar-refractivity contribution in [1.29, 1.82) is 5.26 Å². The van der Waals surface area contributed by atoms with Crippen molar-refractivity contribution in [2.75, 3.05) is 7.05 Å². The quantitative estimate of drug-likeness (QED) is 0.850. The molecule has 0 saturated heterocycles. The van der Waals surface area contributed by atoms with Gasteiger partial charge in [-0.15, -0.1) is 11.3 Å². The zero-order valence-corrected chi connectivity index (χ0v) is 13.1. The van der Waals surface area contributed by atoms with Gasteiger partial charge in [0, 0.05) is 24.4 Å². The number of amides is 1. The molecule has 1 amide bonds. The SMILES string of the molecule is CC(Cc1cccs1)N(C)C(=O)Cc1ccc(C#N)cc1. The first-order chi connectivity index (χ1) is 10.1. The standard InChI is InChI=1S/C17H18N2OS/c1-13(10-16-4-3-9-21-16)19(2)17(20)11-14-5-7-15(12-18)8-6-14/h3-9,13H,10-11H2,1-2H3. The third kappa shape index (κ3) is 4.17. The number of thiophene rings is 1. The van der Waals surface area contributed by atoms with Gasteiger partial charge in [0.25, 0.3) is 0 Å². The van der Waals surface area contributed by atoms with E-state index in [-0.39, 0.29) is 11.9 Å². The Morgan fingerprint density at radius 2 is 2.05 bits per heavy atom. The van der Waals surface area contributed by atoms with E-state index in [0.29, 0.717) is 12.0 Å². The van der Waals surface area contributed by atoms with E-state index in [1.807, 2.05) is 25.2 Å². The molecule has 0 aliphatic heterocycles. The van der Waals surface area contributed by atoms with Crippen molar-refractivity contribution in [2.24, 2.45) is 0 Å². The maximum Gasteiger partial charge on any atom is 0.226 e. The van der Waals surface area contributed by atoms with Crippen molar-refractivity contribution in [3.8, 4) is 6.07 Å². The van der Waals surface area contributed by atoms with Gasteiger partial charge < -0.3 is 4.90 Å². The molecule has 1 atom stereocenters. The average molecular weight is 298 g/mol. The van der Waals surface area contributed by atoms with Gasteiger partial charge in [-0.05, 0) is 36.1 Å². The number of likely N-dealkylation sites (N-methyl/N-ethyl adjacent to an activating group) is 1. The van der Waals surface area contributed by atoms with Crippen LogP contribution in [-0.2, 0) is 17.6 Å². The van der Waals surface area contributed by atoms with Gasteiger partial charge in [-0.25, -0.2) is 0 Å². The minimum absolute atomic E-state index is 0.101. The highest BCUT2D eigenvalue weighted by Crippen LogP contribution is 2.14. The monoisotopic (exact) mass is 298 g/mol. The van der Waals surface area contributed by atoms with E-state index >= 15 is 0 Å². The number of nitrogens with zero attached hydrogens (tertiary/aromatic N) is 2. The molecule has 1 aromatic carbocycles. The Bertz CT molecular complexity index is 626. The number of carbonyl (C=O) groups excluding carboxylic acids is 1. The molecule has 108 valence electrons. The number of rotatable bonds is 5. The molecule has 1 aromatic heterocycles. The van der Waals surface area contributed by atoms with Crippen molar-refractivity contribution >= 4 is 17.2 Å². The number of benzene rings is 1. The molecule has 0 N–H and O–H groups in total. The molecule has 0 fully saturated rings. The Morgan fingerprint density at radius 3 is 2.62 bits per heavy atom. The number of carbonyl (C=O) groups is 1. The zero-order valence-electron chi connectivity index (χ0n) is 12.2. The molecule has 0 aliphatic rings. The molecule has 4 heteroatoms. The summed E-state index contributed by atoms with van der Waals surface area (Å²) in [6.45, 7) is 2.07. The van der Waals surface area contributed by atoms with Crippen LogP contribution in [0.3, 0.4) is 0 Å². The first kappa shape index (κ1) is 15.3. The van der Waals surface area contributed by atoms with E-state index in [1.165, 1.54) is 4.88 Å². The van der Waals surface area contributed by atoms with Gasteiger partial charge in [0.05, 0.1) is 18.1 Å². The third-order valence-electron chi connectivity index (χ3n) is 3.57. The Kier molecular flexibility index (Phi) is 5.13. The van der Waals surface area contributed by atoms with Gasteiger partial charge in [-0.1, -0.05) is 18.2 Å². The van der Waals surface area contributed by atoms with Crippen LogP contribution in [0.25, 0.3) is 0 Å². The summed E-state index contributed by atoms with van der Waals surface area (Å²) in [6, 6.07) is 13.6. The van der Waals surface area contributed by atoms with E-state index in [4.69, 9.17) is 5.26 Å². The van der Waals surface area contributed by atoms with Gasteiger partial charge in [-0.2, -0.15) is 5.26 Å². The van der Waals surface area contributed by atoms with E-state index in [1.54, 1.807) is 28.4 Å². The van der Waals surface area contributed by atoms with E-state index in [2.05, 4.69) is 24.4 Å². The van der Waals surface area contributed by atoms with Gasteiger partial charge in [0.1, 0.15) is 0 Å². The average Bonchev–Trinajstić information content (AvgIpc) is 3.00. The molecule has 1 heterocycles. The van der Waals surface area contributed by atoms with Crippen molar-refractivity contribution in [3.63, 3.8) is 0 Å². The number of hydrogen-bond donors (Lipinski definition) is 0. The van der Waals surface area contributed by atoms with Crippen LogP contribution >= 0.6 is 11.3 Å². The second-order valence-electron chi connectivity index (χ2n) is 5.12. The molecule has 0 saturated carbocycles. The van der Waals surface area contributed by atoms with Crippen molar-refractivity contribution in [2.45, 2.75) is 25.8 Å². The van der Waals surface area contributed by atoms with Crippen LogP contribution in [0.2, 0.25) is 0 Å². The minimum atomic E-state index is 0.101. The first-order valence-electron chi connectivity index (χ1n) is 6.87. The lowest BCUT2D eigenvalue weighted by molar-refractivity contribution is -0.130. The van der Waals surface area contributed by atoms with Crippen LogP contribution in [0.1, 0.15) is 22.9 Å². The largest absolute Gasteiger partial charge is 0.342 e. The van der Waals surface area contributed by atoms with Crippen LogP contribution in [0.4, 0.5) is 0 Å². The first-order valence-corrected chi connectivity index (χ1v) is 7.75. The number of hydrogen-bond acceptors (Lipinski definition) is 3. The fourth-order valence-electron chi connectivity index (χ4n) is 2.10. The molecule has 2 aromatic rings. The lowest BCUT2D eigenvalue weighted by atomic mass is 10.1. The second-order valence-corrected chi connectivity index (χ2v) is 6.15. The van der Waals surface area contributed by atoms with Crippen LogP contribution in [0, 0.1) is 11.3 Å². The Balaban J connectivity index is 1.93. The van der Waals surface area contributed by atoms with E-state index in [9.17, 15) is 4.79 Å². The van der Waals surface area contributed by atoms with Gasteiger partial charge in [-0.3, -0.25) is 4.79 Å². The minimum Gasteiger partial charge on any atom is -0.342 e. The van der Waals surface area contributed by atoms with Crippen LogP contribution in [0.5, 0.6) is 0 Å². The van der Waals surface area contributed by atoms with Gasteiger partial charge >= 0.3 is 0 Å². The van der Waals surface area contributed by atoms with Crippen LogP contribution in [-0.4, -0.2) is 23.9 Å². The van der Waals surface area contributed by atoms with Gasteiger partial charge in [0.15, 0.2) is 0 Å². The Hall–Kier alpha value is -2.12. The predicted octanol–water partition coefficient (Wildman–Crippen LogP) is 3.25. The fourth-order valence-corrected chi connectivity index (χ4v) is 2.93. The van der Waals surface area contributed by atoms with Crippen LogP contribution < -0.4 is 0 Å². The Labute approximate surface area is 129 Å². The molecule has 0 bridgehead atoms. The summed E-state index contributed by atoms with van der Waals surface area (Å²) >= 11 is 1.72. The van der Waals surface area contributed by atoms with Crippen molar-refractivity contribution in [1.82, 2.24) is 4.90 Å². The molecule has 0 spiro atoms. The maximum absolute atomic E-state index is 12.3. The van der Waals surface area contributed by atoms with E-state index in [0.717, 1.165) is 12.0 Å². The summed E-state index contributed by atoms with van der Waals surface area (Å²) in [5, 5.41) is 10.8. The highest BCUT2D eigenvalue weighted by atomic mass is 32.1. The lowest BCUT2D eigenvalue weighted by Gasteiger charge is -2.24. The zero-order chi connectivity index (χ0) is 15.2. The molecule has 0 radical (unpaired) electrons. The summed E-state index contributed by atoms with van der Waals surface area (Å²) in [6.07, 6.45) is 1.25. The molecule has 2 rings (SSSR count). The van der Waals surface area contributed by atoms with Crippen LogP contribution in [0.15, 0.2) is 41.8 Å². The fraction of sp³-hybridized carbons (Fsp3) is 0.294. The summed E-state index contributed by atoms with van der Waals surface area (Å²) < 4.78 is 0.